The van der Waals surface area contributed by atoms with Gasteiger partial charge in [0.15, 0.2) is 0 Å². The molecule has 0 heterocycles. The predicted molar refractivity (Wildman–Crippen MR) is 79.3 cm³/mol. The summed E-state index contributed by atoms with van der Waals surface area (Å²) in [6.45, 7) is 0.552. The van der Waals surface area contributed by atoms with Crippen molar-refractivity contribution in [3.63, 3.8) is 0 Å². The zero-order chi connectivity index (χ0) is 14.5. The van der Waals surface area contributed by atoms with Gasteiger partial charge in [-0.15, -0.1) is 0 Å². The first-order chi connectivity index (χ1) is 9.60. The molecule has 1 N–H and O–H groups in total. The molecule has 0 radical (unpaired) electrons. The number of rotatable bonds is 4. The second-order valence-corrected chi connectivity index (χ2v) is 5.00. The van der Waals surface area contributed by atoms with Crippen LogP contribution in [-0.4, -0.2) is 4.92 Å². The average molecular weight is 332 g/mol. The highest BCUT2D eigenvalue weighted by atomic mass is 79.9. The van der Waals surface area contributed by atoms with Crippen LogP contribution < -0.4 is 5.32 Å². The van der Waals surface area contributed by atoms with E-state index in [9.17, 15) is 10.1 Å². The molecule has 6 heteroatoms. The Morgan fingerprint density at radius 2 is 1.95 bits per heavy atom. The van der Waals surface area contributed by atoms with Gasteiger partial charge in [-0.1, -0.05) is 28.1 Å². The molecule has 0 aliphatic rings. The van der Waals surface area contributed by atoms with Crippen LogP contribution in [0, 0.1) is 21.4 Å². The van der Waals surface area contributed by atoms with Gasteiger partial charge in [-0.05, 0) is 29.8 Å². The Labute approximate surface area is 124 Å². The maximum absolute atomic E-state index is 10.9. The van der Waals surface area contributed by atoms with Crippen molar-refractivity contribution >= 4 is 27.3 Å². The van der Waals surface area contributed by atoms with E-state index in [2.05, 4.69) is 21.2 Å². The molecule has 0 aliphatic carbocycles. The zero-order valence-corrected chi connectivity index (χ0v) is 11.9. The van der Waals surface area contributed by atoms with Crippen LogP contribution in [0.1, 0.15) is 11.1 Å². The molecule has 0 amide bonds. The summed E-state index contributed by atoms with van der Waals surface area (Å²) >= 11 is 3.36. The van der Waals surface area contributed by atoms with Gasteiger partial charge in [0.1, 0.15) is 11.6 Å². The second-order valence-electron chi connectivity index (χ2n) is 4.08. The van der Waals surface area contributed by atoms with Gasteiger partial charge in [0.2, 0.25) is 0 Å². The summed E-state index contributed by atoms with van der Waals surface area (Å²) in [5, 5.41) is 22.8. The van der Waals surface area contributed by atoms with Crippen LogP contribution in [0.4, 0.5) is 11.4 Å². The number of nitro groups is 1. The Hall–Kier alpha value is -2.39. The lowest BCUT2D eigenvalue weighted by Gasteiger charge is -2.07. The lowest BCUT2D eigenvalue weighted by Crippen LogP contribution is -2.01. The van der Waals surface area contributed by atoms with E-state index in [-0.39, 0.29) is 11.3 Å². The van der Waals surface area contributed by atoms with Gasteiger partial charge < -0.3 is 5.32 Å². The molecule has 0 bridgehead atoms. The molecule has 0 saturated carbocycles. The number of anilines is 1. The number of nitrogens with zero attached hydrogens (tertiary/aromatic N) is 2. The molecule has 5 nitrogen and oxygen atoms in total. The molecule has 0 atom stereocenters. The summed E-state index contributed by atoms with van der Waals surface area (Å²) in [4.78, 5) is 10.3. The minimum absolute atomic E-state index is 0.0594. The second kappa shape index (κ2) is 6.17. The van der Waals surface area contributed by atoms with Crippen molar-refractivity contribution in [1.82, 2.24) is 0 Å². The van der Waals surface area contributed by atoms with Crippen LogP contribution in [0.3, 0.4) is 0 Å². The summed E-state index contributed by atoms with van der Waals surface area (Å²) < 4.78 is 0.996. The van der Waals surface area contributed by atoms with Crippen LogP contribution in [0.2, 0.25) is 0 Å². The van der Waals surface area contributed by atoms with Crippen molar-refractivity contribution < 1.29 is 4.92 Å². The van der Waals surface area contributed by atoms with Crippen molar-refractivity contribution in [1.29, 1.82) is 5.26 Å². The van der Waals surface area contributed by atoms with E-state index >= 15 is 0 Å². The molecule has 0 aromatic heterocycles. The summed E-state index contributed by atoms with van der Waals surface area (Å²) in [6, 6.07) is 14.1. The first kappa shape index (κ1) is 14.0. The standard InChI is InChI=1S/C14H10BrN3O2/c15-12-4-1-10(2-5-12)9-17-13-6-3-11(8-16)14(7-13)18(19)20/h1-7,17H,9H2. The number of hydrogen-bond acceptors (Lipinski definition) is 4. The van der Waals surface area contributed by atoms with Gasteiger partial charge in [-0.3, -0.25) is 10.1 Å². The number of nitrogens with one attached hydrogen (secondary N) is 1. The maximum Gasteiger partial charge on any atom is 0.289 e. The Balaban J connectivity index is 2.14. The van der Waals surface area contributed by atoms with Crippen LogP contribution in [-0.2, 0) is 6.54 Å². The fraction of sp³-hybridized carbons (Fsp3) is 0.0714. The average Bonchev–Trinajstić information content (AvgIpc) is 2.46. The highest BCUT2D eigenvalue weighted by molar-refractivity contribution is 9.10. The number of nitriles is 1. The Kier molecular flexibility index (Phi) is 4.33. The number of hydrogen-bond donors (Lipinski definition) is 1. The molecule has 0 unspecified atom stereocenters. The van der Waals surface area contributed by atoms with E-state index in [0.29, 0.717) is 12.2 Å². The monoisotopic (exact) mass is 331 g/mol. The normalized spacial score (nSPS) is 9.80. The van der Waals surface area contributed by atoms with Crippen molar-refractivity contribution in [2.24, 2.45) is 0 Å². The molecule has 2 aromatic rings. The van der Waals surface area contributed by atoms with Gasteiger partial charge in [0, 0.05) is 22.8 Å². The first-order valence-corrected chi connectivity index (χ1v) is 6.56. The third kappa shape index (κ3) is 3.33. The van der Waals surface area contributed by atoms with Crippen LogP contribution in [0.25, 0.3) is 0 Å². The van der Waals surface area contributed by atoms with Crippen molar-refractivity contribution in [2.45, 2.75) is 6.54 Å². The minimum atomic E-state index is -0.552. The van der Waals surface area contributed by atoms with E-state index in [0.717, 1.165) is 10.0 Å². The van der Waals surface area contributed by atoms with Gasteiger partial charge >= 0.3 is 0 Å². The van der Waals surface area contributed by atoms with Crippen molar-refractivity contribution in [3.05, 3.63) is 68.2 Å². The van der Waals surface area contributed by atoms with Gasteiger partial charge in [0.05, 0.1) is 4.92 Å². The fourth-order valence-electron chi connectivity index (χ4n) is 1.69. The van der Waals surface area contributed by atoms with E-state index < -0.39 is 4.92 Å². The van der Waals surface area contributed by atoms with E-state index in [1.54, 1.807) is 6.07 Å². The highest BCUT2D eigenvalue weighted by Gasteiger charge is 2.13. The molecule has 0 aliphatic heterocycles. The fourth-order valence-corrected chi connectivity index (χ4v) is 1.96. The molecule has 20 heavy (non-hydrogen) atoms. The van der Waals surface area contributed by atoms with E-state index in [4.69, 9.17) is 5.26 Å². The molecule has 2 aromatic carbocycles. The molecule has 0 saturated heterocycles. The summed E-state index contributed by atoms with van der Waals surface area (Å²) in [7, 11) is 0. The third-order valence-electron chi connectivity index (χ3n) is 2.72. The molecule has 100 valence electrons. The smallest absolute Gasteiger partial charge is 0.289 e. The number of benzene rings is 2. The SMILES string of the molecule is N#Cc1ccc(NCc2ccc(Br)cc2)cc1[N+](=O)[O-]. The molecule has 0 fully saturated rings. The summed E-state index contributed by atoms with van der Waals surface area (Å²) in [5.41, 5.74) is 1.54. The van der Waals surface area contributed by atoms with Gasteiger partial charge in [0.25, 0.3) is 5.69 Å². The van der Waals surface area contributed by atoms with Crippen molar-refractivity contribution in [3.8, 4) is 6.07 Å². The third-order valence-corrected chi connectivity index (χ3v) is 3.25. The largest absolute Gasteiger partial charge is 0.381 e. The quantitative estimate of drug-likeness (QED) is 0.681. The van der Waals surface area contributed by atoms with E-state index in [1.165, 1.54) is 12.1 Å². The first-order valence-electron chi connectivity index (χ1n) is 5.77. The minimum Gasteiger partial charge on any atom is -0.381 e. The van der Waals surface area contributed by atoms with E-state index in [1.807, 2.05) is 30.3 Å². The maximum atomic E-state index is 10.9. The summed E-state index contributed by atoms with van der Waals surface area (Å²) in [5.74, 6) is 0. The predicted octanol–water partition coefficient (Wildman–Crippen LogP) is 3.84. The molecular formula is C14H10BrN3O2. The Morgan fingerprint density at radius 3 is 2.55 bits per heavy atom. The number of nitro benzene ring substituents is 1. The Bertz CT molecular complexity index is 678. The van der Waals surface area contributed by atoms with Gasteiger partial charge in [-0.2, -0.15) is 5.26 Å². The van der Waals surface area contributed by atoms with Crippen LogP contribution >= 0.6 is 15.9 Å². The van der Waals surface area contributed by atoms with Gasteiger partial charge in [-0.25, -0.2) is 0 Å². The lowest BCUT2D eigenvalue weighted by atomic mass is 10.1. The number of halogens is 1. The molecule has 0 spiro atoms. The Morgan fingerprint density at radius 1 is 1.25 bits per heavy atom. The lowest BCUT2D eigenvalue weighted by molar-refractivity contribution is -0.385. The topological polar surface area (TPSA) is 79.0 Å². The van der Waals surface area contributed by atoms with Crippen molar-refractivity contribution in [2.75, 3.05) is 5.32 Å². The van der Waals surface area contributed by atoms with Crippen LogP contribution in [0.5, 0.6) is 0 Å². The van der Waals surface area contributed by atoms with Crippen LogP contribution in [0.15, 0.2) is 46.9 Å². The highest BCUT2D eigenvalue weighted by Crippen LogP contribution is 2.23. The molecule has 2 rings (SSSR count). The molecular weight excluding hydrogens is 322 g/mol. The summed E-state index contributed by atoms with van der Waals surface area (Å²) in [6.07, 6.45) is 0. The zero-order valence-electron chi connectivity index (χ0n) is 10.3.